The molecule has 1 aliphatic heterocycles. The van der Waals surface area contributed by atoms with Gasteiger partial charge in [0.15, 0.2) is 0 Å². The molecule has 3 aromatic rings. The predicted octanol–water partition coefficient (Wildman–Crippen LogP) is 2.48. The molecule has 0 unspecified atom stereocenters. The number of carboxylic acids is 1. The highest BCUT2D eigenvalue weighted by atomic mass is 16.5. The van der Waals surface area contributed by atoms with E-state index in [4.69, 9.17) is 9.26 Å². The molecule has 0 saturated carbocycles. The number of benzene rings is 2. The number of hydrogen-bond donors (Lipinski definition) is 0. The standard InChI is InChI=1S/C24H24N4O4/c1-14(2)31-21-7-5-16(10-18(21)11-25)24-26-23(27-32-24)20-6-4-17-12-28(13-22(29)30)9-8-19(17)15(20)3/h4-7,10,14H,8-9,12-13H2,1-3H3,(H,29,30)/p-1. The van der Waals surface area contributed by atoms with Gasteiger partial charge in [-0.05, 0) is 62.1 Å². The average molecular weight is 431 g/mol. The summed E-state index contributed by atoms with van der Waals surface area (Å²) in [5.41, 5.74) is 5.26. The largest absolute Gasteiger partial charge is 0.549 e. The molecule has 8 nitrogen and oxygen atoms in total. The van der Waals surface area contributed by atoms with Crippen LogP contribution in [0.4, 0.5) is 0 Å². The number of aliphatic carboxylic acids is 1. The van der Waals surface area contributed by atoms with E-state index in [9.17, 15) is 15.2 Å². The van der Waals surface area contributed by atoms with E-state index in [1.54, 1.807) is 18.2 Å². The number of aromatic nitrogens is 2. The first-order chi connectivity index (χ1) is 15.4. The molecular weight excluding hydrogens is 408 g/mol. The summed E-state index contributed by atoms with van der Waals surface area (Å²) in [5.74, 6) is 0.247. The molecule has 0 radical (unpaired) electrons. The lowest BCUT2D eigenvalue weighted by Crippen LogP contribution is -2.40. The zero-order valence-electron chi connectivity index (χ0n) is 18.2. The van der Waals surface area contributed by atoms with Crippen molar-refractivity contribution in [3.8, 4) is 34.7 Å². The van der Waals surface area contributed by atoms with E-state index < -0.39 is 5.97 Å². The second-order valence-electron chi connectivity index (χ2n) is 8.12. The highest BCUT2D eigenvalue weighted by Crippen LogP contribution is 2.32. The Morgan fingerprint density at radius 3 is 2.88 bits per heavy atom. The fourth-order valence-electron chi connectivity index (χ4n) is 4.02. The van der Waals surface area contributed by atoms with Gasteiger partial charge < -0.3 is 19.2 Å². The van der Waals surface area contributed by atoms with Crippen molar-refractivity contribution in [1.29, 1.82) is 5.26 Å². The molecular formula is C24H23N4O4-. The van der Waals surface area contributed by atoms with Gasteiger partial charge in [0.05, 0.1) is 17.6 Å². The van der Waals surface area contributed by atoms with Gasteiger partial charge >= 0.3 is 0 Å². The van der Waals surface area contributed by atoms with Crippen molar-refractivity contribution < 1.29 is 19.2 Å². The van der Waals surface area contributed by atoms with Crippen LogP contribution in [0.25, 0.3) is 22.8 Å². The molecule has 32 heavy (non-hydrogen) atoms. The van der Waals surface area contributed by atoms with Crippen molar-refractivity contribution in [3.63, 3.8) is 0 Å². The maximum absolute atomic E-state index is 10.9. The van der Waals surface area contributed by atoms with Crippen LogP contribution in [0.3, 0.4) is 0 Å². The van der Waals surface area contributed by atoms with Crippen molar-refractivity contribution in [2.45, 2.75) is 39.8 Å². The van der Waals surface area contributed by atoms with Crippen LogP contribution < -0.4 is 9.84 Å². The lowest BCUT2D eigenvalue weighted by molar-refractivity contribution is -0.306. The number of nitriles is 1. The van der Waals surface area contributed by atoms with E-state index in [0.717, 1.165) is 23.1 Å². The summed E-state index contributed by atoms with van der Waals surface area (Å²) in [6.07, 6.45) is 0.707. The average Bonchev–Trinajstić information content (AvgIpc) is 3.23. The molecule has 0 bridgehead atoms. The number of carbonyl (C=O) groups excluding carboxylic acids is 1. The second-order valence-corrected chi connectivity index (χ2v) is 8.12. The van der Waals surface area contributed by atoms with Gasteiger partial charge in [0, 0.05) is 30.8 Å². The first-order valence-corrected chi connectivity index (χ1v) is 10.4. The van der Waals surface area contributed by atoms with E-state index in [1.165, 1.54) is 5.56 Å². The van der Waals surface area contributed by atoms with E-state index in [0.29, 0.717) is 41.7 Å². The number of nitrogens with zero attached hydrogens (tertiary/aromatic N) is 4. The SMILES string of the molecule is Cc1c(-c2noc(-c3ccc(OC(C)C)c(C#N)c3)n2)ccc2c1CCN(CC(=O)[O-])C2. The second kappa shape index (κ2) is 8.81. The first kappa shape index (κ1) is 21.5. The van der Waals surface area contributed by atoms with Crippen LogP contribution >= 0.6 is 0 Å². The molecule has 0 saturated heterocycles. The molecule has 0 aliphatic carbocycles. The van der Waals surface area contributed by atoms with E-state index in [1.807, 2.05) is 37.8 Å². The zero-order chi connectivity index (χ0) is 22.8. The van der Waals surface area contributed by atoms with Crippen LogP contribution in [0.15, 0.2) is 34.9 Å². The summed E-state index contributed by atoms with van der Waals surface area (Å²) in [4.78, 5) is 17.3. The number of hydrogen-bond acceptors (Lipinski definition) is 8. The smallest absolute Gasteiger partial charge is 0.258 e. The van der Waals surface area contributed by atoms with Crippen molar-refractivity contribution in [2.75, 3.05) is 13.1 Å². The Morgan fingerprint density at radius 1 is 1.34 bits per heavy atom. The molecule has 0 atom stereocenters. The molecule has 0 N–H and O–H groups in total. The minimum Gasteiger partial charge on any atom is -0.549 e. The number of rotatable bonds is 6. The molecule has 164 valence electrons. The summed E-state index contributed by atoms with van der Waals surface area (Å²) in [6, 6.07) is 11.3. The van der Waals surface area contributed by atoms with Crippen LogP contribution in [-0.4, -0.2) is 40.2 Å². The number of carbonyl (C=O) groups is 1. The minimum absolute atomic E-state index is 0.0391. The fourth-order valence-corrected chi connectivity index (χ4v) is 4.02. The third-order valence-electron chi connectivity index (χ3n) is 5.50. The topological polar surface area (TPSA) is 115 Å². The monoisotopic (exact) mass is 431 g/mol. The highest BCUT2D eigenvalue weighted by Gasteiger charge is 2.22. The molecule has 2 aromatic carbocycles. The van der Waals surface area contributed by atoms with Gasteiger partial charge in [-0.15, -0.1) is 0 Å². The normalized spacial score (nSPS) is 13.6. The van der Waals surface area contributed by atoms with Gasteiger partial charge in [-0.25, -0.2) is 0 Å². The summed E-state index contributed by atoms with van der Waals surface area (Å²) in [7, 11) is 0. The summed E-state index contributed by atoms with van der Waals surface area (Å²) in [5, 5.41) is 24.5. The molecule has 1 aromatic heterocycles. The highest BCUT2D eigenvalue weighted by molar-refractivity contribution is 5.68. The maximum atomic E-state index is 10.9. The lowest BCUT2D eigenvalue weighted by atomic mass is 9.91. The van der Waals surface area contributed by atoms with Gasteiger partial charge in [-0.2, -0.15) is 10.2 Å². The maximum Gasteiger partial charge on any atom is 0.258 e. The van der Waals surface area contributed by atoms with Gasteiger partial charge in [0.1, 0.15) is 11.8 Å². The van der Waals surface area contributed by atoms with Crippen LogP contribution in [0.5, 0.6) is 5.75 Å². The van der Waals surface area contributed by atoms with Gasteiger partial charge in [0.2, 0.25) is 5.82 Å². The van der Waals surface area contributed by atoms with Gasteiger partial charge in [-0.1, -0.05) is 17.3 Å². The molecule has 4 rings (SSSR count). The minimum atomic E-state index is -1.07. The molecule has 2 heterocycles. The van der Waals surface area contributed by atoms with Crippen LogP contribution in [0, 0.1) is 18.3 Å². The first-order valence-electron chi connectivity index (χ1n) is 10.4. The van der Waals surface area contributed by atoms with Gasteiger partial charge in [0.25, 0.3) is 5.89 Å². The Hall–Kier alpha value is -3.70. The Morgan fingerprint density at radius 2 is 2.16 bits per heavy atom. The Balaban J connectivity index is 1.61. The number of fused-ring (bicyclic) bond motifs is 1. The summed E-state index contributed by atoms with van der Waals surface area (Å²) < 4.78 is 11.2. The van der Waals surface area contributed by atoms with Crippen molar-refractivity contribution in [2.24, 2.45) is 0 Å². The fraction of sp³-hybridized carbons (Fsp3) is 0.333. The van der Waals surface area contributed by atoms with Crippen LogP contribution in [-0.2, 0) is 17.8 Å². The molecule has 0 fully saturated rings. The van der Waals surface area contributed by atoms with Crippen molar-refractivity contribution in [1.82, 2.24) is 15.0 Å². The number of carboxylic acid groups (broad SMARTS) is 1. The third kappa shape index (κ3) is 4.34. The third-order valence-corrected chi connectivity index (χ3v) is 5.50. The molecule has 0 spiro atoms. The predicted molar refractivity (Wildman–Crippen MR) is 114 cm³/mol. The Bertz CT molecular complexity index is 1210. The van der Waals surface area contributed by atoms with Crippen LogP contribution in [0.1, 0.15) is 36.1 Å². The summed E-state index contributed by atoms with van der Waals surface area (Å²) >= 11 is 0. The van der Waals surface area contributed by atoms with E-state index in [2.05, 4.69) is 16.2 Å². The van der Waals surface area contributed by atoms with E-state index in [-0.39, 0.29) is 12.6 Å². The molecule has 8 heteroatoms. The quantitative estimate of drug-likeness (QED) is 0.585. The van der Waals surface area contributed by atoms with Crippen LogP contribution in [0.2, 0.25) is 0 Å². The zero-order valence-corrected chi connectivity index (χ0v) is 18.2. The summed E-state index contributed by atoms with van der Waals surface area (Å²) in [6.45, 7) is 6.99. The molecule has 0 amide bonds. The van der Waals surface area contributed by atoms with Crippen molar-refractivity contribution >= 4 is 5.97 Å². The Labute approximate surface area is 186 Å². The van der Waals surface area contributed by atoms with Gasteiger partial charge in [-0.3, -0.25) is 4.90 Å². The lowest BCUT2D eigenvalue weighted by Gasteiger charge is -2.30. The molecule has 1 aliphatic rings. The van der Waals surface area contributed by atoms with Crippen molar-refractivity contribution in [3.05, 3.63) is 52.6 Å². The Kier molecular flexibility index (Phi) is 5.93. The number of ether oxygens (including phenoxy) is 1. The van der Waals surface area contributed by atoms with E-state index >= 15 is 0 Å².